The first-order chi connectivity index (χ1) is 25.7. The van der Waals surface area contributed by atoms with Crippen molar-refractivity contribution in [2.75, 3.05) is 0 Å². The highest BCUT2D eigenvalue weighted by atomic mass is 15.1. The molecule has 0 saturated heterocycles. The minimum absolute atomic E-state index is 0.829. The zero-order chi connectivity index (χ0) is 40.1. The standard InChI is InChI=1S/5C6H8N2.2C5H6N2/c1-5-3-8-6(2)4-7-5;1-5-3-6(2)8-4-7-5;1-5-3-7-6(2)8-4-5;1-5-3-4-7-6(2)8-5;1-5-3-4-6(2)8-7-5;1-5-2-6-4-7-3-5;1-5-4-6-2-3-7-5/h5*3-4H,1-2H3;2*2-4H,1H3. The van der Waals surface area contributed by atoms with Crippen LogP contribution in [-0.4, -0.2) is 70.0 Å². The lowest BCUT2D eigenvalue weighted by Crippen LogP contribution is -1.86. The Hall–Kier alpha value is -6.44. The van der Waals surface area contributed by atoms with Crippen LogP contribution in [0.3, 0.4) is 0 Å². The molecule has 0 aliphatic rings. The highest BCUT2D eigenvalue weighted by Gasteiger charge is 1.86. The minimum Gasteiger partial charge on any atom is -0.261 e. The Balaban J connectivity index is 0.000000315. The predicted octanol–water partition coefficient (Wildman–Crippen LogP) is 7.04. The molecule has 0 radical (unpaired) electrons. The molecule has 0 fully saturated rings. The normalized spacial score (nSPS) is 9.11. The largest absolute Gasteiger partial charge is 0.261 e. The minimum atomic E-state index is 0.829. The molecule has 0 bridgehead atoms. The van der Waals surface area contributed by atoms with E-state index in [0.717, 1.165) is 68.3 Å². The average molecular weight is 729 g/mol. The maximum atomic E-state index is 4.06. The molecule has 0 spiro atoms. The van der Waals surface area contributed by atoms with E-state index in [1.807, 2.05) is 120 Å². The summed E-state index contributed by atoms with van der Waals surface area (Å²) in [6.45, 7) is 23.1. The fourth-order valence-corrected chi connectivity index (χ4v) is 3.29. The van der Waals surface area contributed by atoms with Gasteiger partial charge in [-0.3, -0.25) is 19.9 Å². The van der Waals surface area contributed by atoms with Gasteiger partial charge < -0.3 is 0 Å². The maximum absolute atomic E-state index is 4.06. The first-order valence-corrected chi connectivity index (χ1v) is 17.0. The van der Waals surface area contributed by atoms with Gasteiger partial charge in [0.05, 0.1) is 28.5 Å². The third-order valence-electron chi connectivity index (χ3n) is 5.99. The second kappa shape index (κ2) is 27.2. The Labute approximate surface area is 319 Å². The summed E-state index contributed by atoms with van der Waals surface area (Å²) < 4.78 is 0. The second-order valence-electron chi connectivity index (χ2n) is 11.7. The molecule has 54 heavy (non-hydrogen) atoms. The van der Waals surface area contributed by atoms with Gasteiger partial charge in [-0.1, -0.05) is 0 Å². The quantitative estimate of drug-likeness (QED) is 0.155. The van der Waals surface area contributed by atoms with E-state index in [1.54, 1.807) is 55.9 Å². The summed E-state index contributed by atoms with van der Waals surface area (Å²) in [5, 5.41) is 7.66. The van der Waals surface area contributed by atoms with Crippen LogP contribution in [0.5, 0.6) is 0 Å². The molecule has 14 heteroatoms. The highest BCUT2D eigenvalue weighted by Crippen LogP contribution is 1.93. The fraction of sp³-hybridized carbons (Fsp3) is 0.300. The number of aromatic nitrogens is 14. The molecule has 0 saturated carbocycles. The van der Waals surface area contributed by atoms with Crippen LogP contribution in [0.4, 0.5) is 0 Å². The van der Waals surface area contributed by atoms with Gasteiger partial charge in [0.1, 0.15) is 24.3 Å². The van der Waals surface area contributed by atoms with Crippen molar-refractivity contribution in [1.29, 1.82) is 0 Å². The van der Waals surface area contributed by atoms with Gasteiger partial charge >= 0.3 is 0 Å². The third kappa shape index (κ3) is 25.5. The van der Waals surface area contributed by atoms with Gasteiger partial charge in [-0.2, -0.15) is 10.2 Å². The number of hydrogen-bond acceptors (Lipinski definition) is 14. The van der Waals surface area contributed by atoms with Crippen molar-refractivity contribution in [3.63, 3.8) is 0 Å². The van der Waals surface area contributed by atoms with E-state index >= 15 is 0 Å². The molecule has 282 valence electrons. The van der Waals surface area contributed by atoms with Crippen LogP contribution in [0, 0.1) is 83.1 Å². The van der Waals surface area contributed by atoms with Crippen LogP contribution >= 0.6 is 0 Å². The summed E-state index contributed by atoms with van der Waals surface area (Å²) in [6.07, 6.45) is 20.6. The van der Waals surface area contributed by atoms with Crippen LogP contribution in [0.25, 0.3) is 0 Å². The first kappa shape index (κ1) is 45.6. The van der Waals surface area contributed by atoms with Gasteiger partial charge in [0.15, 0.2) is 0 Å². The van der Waals surface area contributed by atoms with Crippen molar-refractivity contribution >= 4 is 0 Å². The number of nitrogens with zero attached hydrogens (tertiary/aromatic N) is 14. The summed E-state index contributed by atoms with van der Waals surface area (Å²) in [5.41, 5.74) is 10.1. The Morgan fingerprint density at radius 3 is 1.13 bits per heavy atom. The lowest BCUT2D eigenvalue weighted by Gasteiger charge is -1.89. The SMILES string of the molecule is Cc1cc(C)ncn1.Cc1ccc(C)nn1.Cc1ccnc(C)n1.Cc1cnc(C)cn1.Cc1cnc(C)nc1.Cc1cnccn1.Cc1cncnc1. The summed E-state index contributed by atoms with van der Waals surface area (Å²) in [7, 11) is 0. The van der Waals surface area contributed by atoms with Crippen molar-refractivity contribution in [3.8, 4) is 0 Å². The summed E-state index contributed by atoms with van der Waals surface area (Å²) in [6, 6.07) is 7.72. The molecule has 0 amide bonds. The molecule has 7 aromatic rings. The maximum Gasteiger partial charge on any atom is 0.125 e. The Bertz CT molecular complexity index is 1680. The lowest BCUT2D eigenvalue weighted by atomic mass is 10.4. The molecule has 0 aromatic carbocycles. The topological polar surface area (TPSA) is 180 Å². The van der Waals surface area contributed by atoms with Crippen LogP contribution in [0.15, 0.2) is 98.9 Å². The molecule has 0 aliphatic carbocycles. The monoisotopic (exact) mass is 728 g/mol. The van der Waals surface area contributed by atoms with Gasteiger partial charge in [0.25, 0.3) is 0 Å². The summed E-state index contributed by atoms with van der Waals surface area (Å²) >= 11 is 0. The molecule has 7 aromatic heterocycles. The third-order valence-corrected chi connectivity index (χ3v) is 5.99. The van der Waals surface area contributed by atoms with E-state index in [-0.39, 0.29) is 0 Å². The number of aryl methyl sites for hydroxylation is 12. The molecule has 0 N–H and O–H groups in total. The molecule has 0 unspecified atom stereocenters. The van der Waals surface area contributed by atoms with Crippen LogP contribution in [-0.2, 0) is 0 Å². The smallest absolute Gasteiger partial charge is 0.125 e. The van der Waals surface area contributed by atoms with E-state index in [4.69, 9.17) is 0 Å². The average Bonchev–Trinajstić information content (AvgIpc) is 3.14. The van der Waals surface area contributed by atoms with E-state index in [0.29, 0.717) is 0 Å². The number of hydrogen-bond donors (Lipinski definition) is 0. The second-order valence-corrected chi connectivity index (χ2v) is 11.7. The van der Waals surface area contributed by atoms with Gasteiger partial charge in [0, 0.05) is 79.1 Å². The molecule has 14 nitrogen and oxygen atoms in total. The van der Waals surface area contributed by atoms with Crippen molar-refractivity contribution in [3.05, 3.63) is 167 Å². The van der Waals surface area contributed by atoms with E-state index in [9.17, 15) is 0 Å². The van der Waals surface area contributed by atoms with Crippen LogP contribution in [0.1, 0.15) is 68.3 Å². The van der Waals surface area contributed by atoms with Gasteiger partial charge in [0.2, 0.25) is 0 Å². The van der Waals surface area contributed by atoms with E-state index in [1.165, 1.54) is 6.33 Å². The highest BCUT2D eigenvalue weighted by molar-refractivity contribution is 5.04. The molecular weight excluding hydrogens is 677 g/mol. The van der Waals surface area contributed by atoms with Crippen molar-refractivity contribution in [2.45, 2.75) is 83.1 Å². The van der Waals surface area contributed by atoms with Gasteiger partial charge in [-0.25, -0.2) is 39.9 Å². The molecule has 0 atom stereocenters. The molecule has 7 rings (SSSR count). The van der Waals surface area contributed by atoms with Crippen molar-refractivity contribution in [2.24, 2.45) is 0 Å². The zero-order valence-electron chi connectivity index (χ0n) is 33.5. The number of rotatable bonds is 0. The zero-order valence-corrected chi connectivity index (χ0v) is 33.5. The van der Waals surface area contributed by atoms with Crippen molar-refractivity contribution < 1.29 is 0 Å². The summed E-state index contributed by atoms with van der Waals surface area (Å²) in [4.78, 5) is 47.1. The Morgan fingerprint density at radius 1 is 0.315 bits per heavy atom. The molecule has 0 aliphatic heterocycles. The van der Waals surface area contributed by atoms with Gasteiger partial charge in [-0.05, 0) is 118 Å². The van der Waals surface area contributed by atoms with Crippen molar-refractivity contribution in [1.82, 2.24) is 70.0 Å². The molecular formula is C40H52N14. The Kier molecular flexibility index (Phi) is 23.0. The predicted molar refractivity (Wildman–Crippen MR) is 211 cm³/mol. The van der Waals surface area contributed by atoms with E-state index < -0.39 is 0 Å². The lowest BCUT2D eigenvalue weighted by molar-refractivity contribution is 0.941. The summed E-state index contributed by atoms with van der Waals surface area (Å²) in [5.74, 6) is 1.67. The van der Waals surface area contributed by atoms with Gasteiger partial charge in [-0.15, -0.1) is 0 Å². The first-order valence-electron chi connectivity index (χ1n) is 17.0. The van der Waals surface area contributed by atoms with Crippen LogP contribution < -0.4 is 0 Å². The Morgan fingerprint density at radius 2 is 0.833 bits per heavy atom. The van der Waals surface area contributed by atoms with E-state index in [2.05, 4.69) is 70.0 Å². The fourth-order valence-electron chi connectivity index (χ4n) is 3.29. The van der Waals surface area contributed by atoms with Crippen LogP contribution in [0.2, 0.25) is 0 Å². The molecule has 7 heterocycles.